The molecule has 1 atom stereocenters. The Labute approximate surface area is 121 Å². The lowest BCUT2D eigenvalue weighted by molar-refractivity contribution is 0.259. The monoisotopic (exact) mass is 299 g/mol. The molecule has 0 aromatic heterocycles. The molecule has 4 N–H and O–H groups in total. The third-order valence-corrected chi connectivity index (χ3v) is 3.18. The molecule has 7 heteroatoms. The smallest absolute Gasteiger partial charge is 0.316 e. The maximum Gasteiger partial charge on any atom is 0.316 e. The van der Waals surface area contributed by atoms with Crippen molar-refractivity contribution in [3.05, 3.63) is 17.7 Å². The van der Waals surface area contributed by atoms with Gasteiger partial charge in [-0.1, -0.05) is 20.8 Å². The molecule has 0 radical (unpaired) electrons. The summed E-state index contributed by atoms with van der Waals surface area (Å²) >= 11 is 0. The third kappa shape index (κ3) is 4.12. The molecule has 0 heterocycles. The van der Waals surface area contributed by atoms with Gasteiger partial charge in [0.15, 0.2) is 5.75 Å². The van der Waals surface area contributed by atoms with Crippen LogP contribution in [0.3, 0.4) is 0 Å². The average Bonchev–Trinajstić information content (AvgIpc) is 2.25. The maximum atomic E-state index is 11.4. The number of primary amides is 1. The van der Waals surface area contributed by atoms with Gasteiger partial charge in [-0.25, -0.2) is 9.00 Å². The van der Waals surface area contributed by atoms with Crippen molar-refractivity contribution in [3.8, 4) is 5.75 Å². The molecule has 0 aliphatic rings. The second-order valence-electron chi connectivity index (χ2n) is 5.40. The number of carbonyl (C=O) groups is 1. The summed E-state index contributed by atoms with van der Waals surface area (Å²) in [5.41, 5.74) is 6.97. The maximum absolute atomic E-state index is 11.4. The van der Waals surface area contributed by atoms with Crippen molar-refractivity contribution in [1.82, 2.24) is 0 Å². The zero-order chi connectivity index (χ0) is 15.5. The molecule has 0 saturated carbocycles. The number of hydrogen-bond acceptors (Lipinski definition) is 3. The molecular formula is C13H21N3O3S. The zero-order valence-electron chi connectivity index (χ0n) is 12.4. The second kappa shape index (κ2) is 6.13. The van der Waals surface area contributed by atoms with E-state index < -0.39 is 17.0 Å². The van der Waals surface area contributed by atoms with E-state index in [4.69, 9.17) is 10.5 Å². The number of methoxy groups -OCH3 is 1. The summed E-state index contributed by atoms with van der Waals surface area (Å²) in [4.78, 5) is 11.1. The van der Waals surface area contributed by atoms with Gasteiger partial charge in [-0.2, -0.15) is 0 Å². The minimum Gasteiger partial charge on any atom is -0.492 e. The largest absolute Gasteiger partial charge is 0.492 e. The Bertz CT molecular complexity index is 501. The van der Waals surface area contributed by atoms with Crippen molar-refractivity contribution in [1.29, 1.82) is 0 Å². The van der Waals surface area contributed by atoms with Crippen LogP contribution in [0.25, 0.3) is 0 Å². The van der Waals surface area contributed by atoms with E-state index in [9.17, 15) is 9.00 Å². The SMILES string of the molecule is COc1c(NC(N)=O)cc(C(C)(C)C)cc1NS(C)=O. The molecule has 0 fully saturated rings. The van der Waals surface area contributed by atoms with Crippen molar-refractivity contribution >= 4 is 28.4 Å². The lowest BCUT2D eigenvalue weighted by Gasteiger charge is -2.23. The molecule has 0 aliphatic heterocycles. The molecule has 1 unspecified atom stereocenters. The van der Waals surface area contributed by atoms with Gasteiger partial charge >= 0.3 is 6.03 Å². The Morgan fingerprint density at radius 2 is 1.85 bits per heavy atom. The third-order valence-electron chi connectivity index (χ3n) is 2.67. The van der Waals surface area contributed by atoms with Crippen LogP contribution in [0.2, 0.25) is 0 Å². The summed E-state index contributed by atoms with van der Waals surface area (Å²) < 4.78 is 19.5. The molecule has 1 aromatic carbocycles. The second-order valence-corrected chi connectivity index (χ2v) is 6.51. The Kier molecular flexibility index (Phi) is 4.99. The fourth-order valence-electron chi connectivity index (χ4n) is 1.74. The van der Waals surface area contributed by atoms with Crippen molar-refractivity contribution in [2.45, 2.75) is 26.2 Å². The summed E-state index contributed by atoms with van der Waals surface area (Å²) in [5.74, 6) is 0.395. The van der Waals surface area contributed by atoms with Crippen LogP contribution in [-0.2, 0) is 16.4 Å². The van der Waals surface area contributed by atoms with Crippen LogP contribution < -0.4 is 20.5 Å². The first kappa shape index (κ1) is 16.3. The van der Waals surface area contributed by atoms with Crippen LogP contribution in [-0.4, -0.2) is 23.6 Å². The van der Waals surface area contributed by atoms with E-state index in [-0.39, 0.29) is 5.41 Å². The molecular weight excluding hydrogens is 278 g/mol. The first-order chi connectivity index (χ1) is 9.15. The fraction of sp³-hybridized carbons (Fsp3) is 0.462. The van der Waals surface area contributed by atoms with Crippen LogP contribution in [0, 0.1) is 0 Å². The van der Waals surface area contributed by atoms with Crippen LogP contribution in [0.15, 0.2) is 12.1 Å². The predicted molar refractivity (Wildman–Crippen MR) is 82.6 cm³/mol. The molecule has 0 bridgehead atoms. The van der Waals surface area contributed by atoms with Gasteiger partial charge in [0.2, 0.25) is 0 Å². The number of nitrogens with one attached hydrogen (secondary N) is 2. The van der Waals surface area contributed by atoms with Gasteiger partial charge in [0.25, 0.3) is 0 Å². The van der Waals surface area contributed by atoms with Crippen LogP contribution in [0.1, 0.15) is 26.3 Å². The van der Waals surface area contributed by atoms with Gasteiger partial charge in [0.05, 0.1) is 18.5 Å². The summed E-state index contributed by atoms with van der Waals surface area (Å²) in [7, 11) is 0.216. The van der Waals surface area contributed by atoms with E-state index in [1.807, 2.05) is 26.8 Å². The molecule has 1 aromatic rings. The van der Waals surface area contributed by atoms with Gasteiger partial charge in [-0.3, -0.25) is 0 Å². The highest BCUT2D eigenvalue weighted by molar-refractivity contribution is 7.85. The standard InChI is InChI=1S/C13H21N3O3S/c1-13(2,3)8-6-9(15-12(14)17)11(19-4)10(7-8)16-20(5)18/h6-7,16H,1-5H3,(H3,14,15,17). The Hall–Kier alpha value is -1.76. The first-order valence-corrected chi connectivity index (χ1v) is 7.60. The predicted octanol–water partition coefficient (Wildman–Crippen LogP) is 2.19. The minimum absolute atomic E-state index is 0.147. The molecule has 112 valence electrons. The number of carbonyl (C=O) groups excluding carboxylic acids is 1. The van der Waals surface area contributed by atoms with E-state index in [2.05, 4.69) is 10.0 Å². The number of ether oxygens (including phenoxy) is 1. The number of benzene rings is 1. The van der Waals surface area contributed by atoms with Crippen molar-refractivity contribution in [3.63, 3.8) is 0 Å². The minimum atomic E-state index is -1.26. The van der Waals surface area contributed by atoms with E-state index in [1.54, 1.807) is 6.07 Å². The van der Waals surface area contributed by atoms with E-state index in [1.165, 1.54) is 13.4 Å². The number of amides is 2. The Morgan fingerprint density at radius 3 is 2.25 bits per heavy atom. The topological polar surface area (TPSA) is 93.4 Å². The van der Waals surface area contributed by atoms with Crippen molar-refractivity contribution in [2.24, 2.45) is 5.73 Å². The number of hydrogen-bond donors (Lipinski definition) is 3. The molecule has 0 saturated heterocycles. The van der Waals surface area contributed by atoms with Crippen molar-refractivity contribution in [2.75, 3.05) is 23.4 Å². The summed E-state index contributed by atoms with van der Waals surface area (Å²) in [6, 6.07) is 2.97. The molecule has 2 amide bonds. The molecule has 20 heavy (non-hydrogen) atoms. The van der Waals surface area contributed by atoms with Crippen LogP contribution >= 0.6 is 0 Å². The van der Waals surface area contributed by atoms with E-state index in [0.29, 0.717) is 17.1 Å². The number of anilines is 2. The van der Waals surface area contributed by atoms with Gasteiger partial charge in [-0.05, 0) is 23.1 Å². The fourth-order valence-corrected chi connectivity index (χ4v) is 2.20. The Balaban J connectivity index is 3.46. The van der Waals surface area contributed by atoms with Gasteiger partial charge in [0, 0.05) is 6.26 Å². The normalized spacial score (nSPS) is 12.7. The number of rotatable bonds is 4. The molecule has 6 nitrogen and oxygen atoms in total. The van der Waals surface area contributed by atoms with Gasteiger partial charge in [-0.15, -0.1) is 0 Å². The lowest BCUT2D eigenvalue weighted by Crippen LogP contribution is -2.21. The number of urea groups is 1. The van der Waals surface area contributed by atoms with Crippen LogP contribution in [0.5, 0.6) is 5.75 Å². The highest BCUT2D eigenvalue weighted by atomic mass is 32.2. The molecule has 0 spiro atoms. The highest BCUT2D eigenvalue weighted by Crippen LogP contribution is 2.38. The van der Waals surface area contributed by atoms with E-state index in [0.717, 1.165) is 5.56 Å². The quantitative estimate of drug-likeness (QED) is 0.795. The molecule has 0 aliphatic carbocycles. The highest BCUT2D eigenvalue weighted by Gasteiger charge is 2.20. The van der Waals surface area contributed by atoms with Crippen LogP contribution in [0.4, 0.5) is 16.2 Å². The summed E-state index contributed by atoms with van der Waals surface area (Å²) in [6.45, 7) is 6.11. The van der Waals surface area contributed by atoms with E-state index >= 15 is 0 Å². The summed E-state index contributed by atoms with van der Waals surface area (Å²) in [5, 5.41) is 2.53. The van der Waals surface area contributed by atoms with Gasteiger partial charge in [0.1, 0.15) is 11.0 Å². The lowest BCUT2D eigenvalue weighted by atomic mass is 9.86. The van der Waals surface area contributed by atoms with Gasteiger partial charge < -0.3 is 20.5 Å². The number of nitrogens with two attached hydrogens (primary N) is 1. The summed E-state index contributed by atoms with van der Waals surface area (Å²) in [6.07, 6.45) is 1.52. The average molecular weight is 299 g/mol. The zero-order valence-corrected chi connectivity index (χ0v) is 13.2. The molecule has 1 rings (SSSR count). The van der Waals surface area contributed by atoms with Crippen molar-refractivity contribution < 1.29 is 13.7 Å². The first-order valence-electron chi connectivity index (χ1n) is 6.04. The Morgan fingerprint density at radius 1 is 1.30 bits per heavy atom.